The topological polar surface area (TPSA) is 57.4 Å². The SMILES string of the molecule is CCCOc1ccccc1Oc1cncc(CCN)c1. The molecule has 0 unspecified atom stereocenters. The van der Waals surface area contributed by atoms with Gasteiger partial charge in [0, 0.05) is 6.20 Å². The normalized spacial score (nSPS) is 10.3. The Kier molecular flexibility index (Phi) is 5.38. The summed E-state index contributed by atoms with van der Waals surface area (Å²) in [5.41, 5.74) is 6.62. The Morgan fingerprint density at radius 1 is 1.15 bits per heavy atom. The number of benzene rings is 1. The van der Waals surface area contributed by atoms with Crippen LogP contribution in [0.4, 0.5) is 0 Å². The van der Waals surface area contributed by atoms with Crippen molar-refractivity contribution in [3.8, 4) is 17.2 Å². The Labute approximate surface area is 119 Å². The van der Waals surface area contributed by atoms with Crippen LogP contribution in [0.15, 0.2) is 42.7 Å². The van der Waals surface area contributed by atoms with E-state index < -0.39 is 0 Å². The Morgan fingerprint density at radius 2 is 1.95 bits per heavy atom. The first-order valence-electron chi connectivity index (χ1n) is 6.87. The van der Waals surface area contributed by atoms with Gasteiger partial charge in [-0.2, -0.15) is 0 Å². The number of hydrogen-bond donors (Lipinski definition) is 1. The van der Waals surface area contributed by atoms with Gasteiger partial charge in [0.2, 0.25) is 0 Å². The highest BCUT2D eigenvalue weighted by Crippen LogP contribution is 2.31. The zero-order valence-electron chi connectivity index (χ0n) is 11.7. The van der Waals surface area contributed by atoms with Crippen LogP contribution < -0.4 is 15.2 Å². The Morgan fingerprint density at radius 3 is 2.70 bits per heavy atom. The van der Waals surface area contributed by atoms with Crippen LogP contribution in [0.1, 0.15) is 18.9 Å². The zero-order valence-corrected chi connectivity index (χ0v) is 11.7. The molecular weight excluding hydrogens is 252 g/mol. The van der Waals surface area contributed by atoms with Gasteiger partial charge in [-0.1, -0.05) is 19.1 Å². The summed E-state index contributed by atoms with van der Waals surface area (Å²) in [7, 11) is 0. The van der Waals surface area contributed by atoms with E-state index in [4.69, 9.17) is 15.2 Å². The molecule has 2 aromatic rings. The van der Waals surface area contributed by atoms with Crippen LogP contribution in [0.5, 0.6) is 17.2 Å². The highest BCUT2D eigenvalue weighted by atomic mass is 16.5. The minimum Gasteiger partial charge on any atom is -0.490 e. The van der Waals surface area contributed by atoms with E-state index in [0.717, 1.165) is 24.2 Å². The molecule has 20 heavy (non-hydrogen) atoms. The second kappa shape index (κ2) is 7.50. The molecule has 0 spiro atoms. The van der Waals surface area contributed by atoms with Gasteiger partial charge in [0.15, 0.2) is 11.5 Å². The maximum atomic E-state index is 5.87. The fraction of sp³-hybridized carbons (Fsp3) is 0.312. The van der Waals surface area contributed by atoms with Gasteiger partial charge in [-0.15, -0.1) is 0 Å². The van der Waals surface area contributed by atoms with Crippen molar-refractivity contribution in [2.75, 3.05) is 13.2 Å². The van der Waals surface area contributed by atoms with E-state index in [1.807, 2.05) is 30.3 Å². The lowest BCUT2D eigenvalue weighted by atomic mass is 10.2. The summed E-state index contributed by atoms with van der Waals surface area (Å²) in [6.07, 6.45) is 5.25. The zero-order chi connectivity index (χ0) is 14.2. The van der Waals surface area contributed by atoms with Gasteiger partial charge in [-0.25, -0.2) is 0 Å². The predicted octanol–water partition coefficient (Wildman–Crippen LogP) is 3.16. The lowest BCUT2D eigenvalue weighted by Gasteiger charge is -2.12. The second-order valence-electron chi connectivity index (χ2n) is 4.46. The third-order valence-corrected chi connectivity index (χ3v) is 2.74. The van der Waals surface area contributed by atoms with Crippen LogP contribution in [0, 0.1) is 0 Å². The van der Waals surface area contributed by atoms with Crippen molar-refractivity contribution in [2.45, 2.75) is 19.8 Å². The highest BCUT2D eigenvalue weighted by Gasteiger charge is 2.06. The molecule has 1 aromatic heterocycles. The summed E-state index contributed by atoms with van der Waals surface area (Å²) >= 11 is 0. The van der Waals surface area contributed by atoms with Crippen molar-refractivity contribution in [3.05, 3.63) is 48.3 Å². The molecule has 0 aliphatic rings. The van der Waals surface area contributed by atoms with E-state index in [2.05, 4.69) is 11.9 Å². The summed E-state index contributed by atoms with van der Waals surface area (Å²) in [6, 6.07) is 9.60. The van der Waals surface area contributed by atoms with Crippen molar-refractivity contribution in [1.29, 1.82) is 0 Å². The molecule has 0 radical (unpaired) electrons. The van der Waals surface area contributed by atoms with Gasteiger partial charge in [-0.05, 0) is 43.1 Å². The molecule has 0 saturated heterocycles. The molecule has 0 bridgehead atoms. The lowest BCUT2D eigenvalue weighted by molar-refractivity contribution is 0.302. The Balaban J connectivity index is 2.14. The average Bonchev–Trinajstić information content (AvgIpc) is 2.47. The monoisotopic (exact) mass is 272 g/mol. The second-order valence-corrected chi connectivity index (χ2v) is 4.46. The van der Waals surface area contributed by atoms with E-state index in [1.54, 1.807) is 12.4 Å². The standard InChI is InChI=1S/C16H20N2O2/c1-2-9-19-15-5-3-4-6-16(15)20-14-10-13(7-8-17)11-18-12-14/h3-6,10-12H,2,7-9,17H2,1H3. The molecule has 0 atom stereocenters. The summed E-state index contributed by atoms with van der Waals surface area (Å²) < 4.78 is 11.5. The molecule has 4 nitrogen and oxygen atoms in total. The fourth-order valence-corrected chi connectivity index (χ4v) is 1.82. The Bertz CT molecular complexity index is 544. The molecule has 0 aliphatic heterocycles. The number of rotatable bonds is 7. The smallest absolute Gasteiger partial charge is 0.169 e. The van der Waals surface area contributed by atoms with E-state index in [-0.39, 0.29) is 0 Å². The Hall–Kier alpha value is -2.07. The first-order valence-corrected chi connectivity index (χ1v) is 6.87. The quantitative estimate of drug-likeness (QED) is 0.841. The van der Waals surface area contributed by atoms with Crippen molar-refractivity contribution >= 4 is 0 Å². The lowest BCUT2D eigenvalue weighted by Crippen LogP contribution is -2.03. The van der Waals surface area contributed by atoms with Crippen molar-refractivity contribution in [3.63, 3.8) is 0 Å². The van der Waals surface area contributed by atoms with Gasteiger partial charge >= 0.3 is 0 Å². The van der Waals surface area contributed by atoms with Gasteiger partial charge in [-0.3, -0.25) is 4.98 Å². The van der Waals surface area contributed by atoms with Gasteiger partial charge < -0.3 is 15.2 Å². The predicted molar refractivity (Wildman–Crippen MR) is 79.3 cm³/mol. The van der Waals surface area contributed by atoms with E-state index in [1.165, 1.54) is 0 Å². The summed E-state index contributed by atoms with van der Waals surface area (Å²) in [5, 5.41) is 0. The van der Waals surface area contributed by atoms with E-state index >= 15 is 0 Å². The molecule has 0 fully saturated rings. The molecule has 1 heterocycles. The number of aromatic nitrogens is 1. The van der Waals surface area contributed by atoms with Crippen molar-refractivity contribution < 1.29 is 9.47 Å². The molecule has 0 saturated carbocycles. The number of nitrogens with two attached hydrogens (primary N) is 1. The molecule has 106 valence electrons. The third-order valence-electron chi connectivity index (χ3n) is 2.74. The maximum Gasteiger partial charge on any atom is 0.169 e. The number of hydrogen-bond acceptors (Lipinski definition) is 4. The van der Waals surface area contributed by atoms with Crippen molar-refractivity contribution in [2.24, 2.45) is 5.73 Å². The highest BCUT2D eigenvalue weighted by molar-refractivity contribution is 5.42. The van der Waals surface area contributed by atoms with E-state index in [9.17, 15) is 0 Å². The third kappa shape index (κ3) is 3.96. The van der Waals surface area contributed by atoms with Gasteiger partial charge in [0.05, 0.1) is 12.8 Å². The van der Waals surface area contributed by atoms with E-state index in [0.29, 0.717) is 24.7 Å². The molecular formula is C16H20N2O2. The van der Waals surface area contributed by atoms with Crippen molar-refractivity contribution in [1.82, 2.24) is 4.98 Å². The number of para-hydroxylation sites is 2. The number of nitrogens with zero attached hydrogens (tertiary/aromatic N) is 1. The molecule has 2 N–H and O–H groups in total. The van der Waals surface area contributed by atoms with Crippen LogP contribution in [0.2, 0.25) is 0 Å². The molecule has 0 amide bonds. The molecule has 0 aliphatic carbocycles. The van der Waals surface area contributed by atoms with Gasteiger partial charge in [0.1, 0.15) is 5.75 Å². The van der Waals surface area contributed by atoms with Crippen LogP contribution in [-0.2, 0) is 6.42 Å². The first kappa shape index (κ1) is 14.3. The minimum atomic E-state index is 0.599. The first-order chi connectivity index (χ1) is 9.83. The summed E-state index contributed by atoms with van der Waals surface area (Å²) in [6.45, 7) is 3.34. The number of pyridine rings is 1. The maximum absolute atomic E-state index is 5.87. The average molecular weight is 272 g/mol. The molecule has 1 aromatic carbocycles. The van der Waals surface area contributed by atoms with Crippen LogP contribution in [0.3, 0.4) is 0 Å². The summed E-state index contributed by atoms with van der Waals surface area (Å²) in [5.74, 6) is 2.15. The van der Waals surface area contributed by atoms with Crippen LogP contribution >= 0.6 is 0 Å². The molecule has 4 heteroatoms. The summed E-state index contributed by atoms with van der Waals surface area (Å²) in [4.78, 5) is 4.17. The fourth-order valence-electron chi connectivity index (χ4n) is 1.82. The number of ether oxygens (including phenoxy) is 2. The molecule has 2 rings (SSSR count). The minimum absolute atomic E-state index is 0.599. The van der Waals surface area contributed by atoms with Crippen LogP contribution in [-0.4, -0.2) is 18.1 Å². The van der Waals surface area contributed by atoms with Gasteiger partial charge in [0.25, 0.3) is 0 Å². The largest absolute Gasteiger partial charge is 0.490 e. The van der Waals surface area contributed by atoms with Crippen LogP contribution in [0.25, 0.3) is 0 Å².